The van der Waals surface area contributed by atoms with E-state index >= 15 is 0 Å². The minimum absolute atomic E-state index is 0.420. The number of nitrogens with one attached hydrogen (secondary N) is 1. The quantitative estimate of drug-likeness (QED) is 0.899. The maximum Gasteiger partial charge on any atom is 0.223 e. The minimum Gasteiger partial charge on any atom is -0.439 e. The van der Waals surface area contributed by atoms with Gasteiger partial charge in [0.2, 0.25) is 5.88 Å². The third-order valence-corrected chi connectivity index (χ3v) is 2.98. The first kappa shape index (κ1) is 14.0. The molecular weight excluding hydrogens is 304 g/mol. The third-order valence-electron chi connectivity index (χ3n) is 2.55. The van der Waals surface area contributed by atoms with E-state index in [4.69, 9.17) is 4.74 Å². The lowest BCUT2D eigenvalue weighted by Gasteiger charge is -2.13. The van der Waals surface area contributed by atoms with Crippen molar-refractivity contribution in [1.82, 2.24) is 10.3 Å². The van der Waals surface area contributed by atoms with Crippen molar-refractivity contribution < 1.29 is 4.74 Å². The zero-order chi connectivity index (χ0) is 13.7. The summed E-state index contributed by atoms with van der Waals surface area (Å²) in [5.41, 5.74) is 1.03. The van der Waals surface area contributed by atoms with Gasteiger partial charge in [-0.2, -0.15) is 0 Å². The predicted octanol–water partition coefficient (Wildman–Crippen LogP) is 4.13. The summed E-state index contributed by atoms with van der Waals surface area (Å²) in [6.45, 7) is 4.96. The maximum atomic E-state index is 5.82. The van der Waals surface area contributed by atoms with E-state index in [9.17, 15) is 0 Å². The van der Waals surface area contributed by atoms with Crippen LogP contribution in [0.3, 0.4) is 0 Å². The van der Waals surface area contributed by atoms with Gasteiger partial charge in [-0.25, -0.2) is 4.98 Å². The molecule has 4 heteroatoms. The van der Waals surface area contributed by atoms with Crippen LogP contribution in [0, 0.1) is 0 Å². The fraction of sp³-hybridized carbons (Fsp3) is 0.267. The second-order valence-electron chi connectivity index (χ2n) is 4.57. The summed E-state index contributed by atoms with van der Waals surface area (Å²) >= 11 is 3.44. The molecule has 2 rings (SSSR count). The van der Waals surface area contributed by atoms with E-state index in [0.29, 0.717) is 11.9 Å². The molecule has 2 aromatic rings. The van der Waals surface area contributed by atoms with Crippen LogP contribution in [0.5, 0.6) is 11.6 Å². The Morgan fingerprint density at radius 3 is 2.68 bits per heavy atom. The smallest absolute Gasteiger partial charge is 0.223 e. The molecule has 0 spiro atoms. The molecular formula is C15H17BrN2O. The normalized spacial score (nSPS) is 10.7. The van der Waals surface area contributed by atoms with Crippen LogP contribution >= 0.6 is 15.9 Å². The Bertz CT molecular complexity index is 529. The van der Waals surface area contributed by atoms with E-state index in [1.165, 1.54) is 0 Å². The highest BCUT2D eigenvalue weighted by atomic mass is 79.9. The number of hydrogen-bond donors (Lipinski definition) is 1. The van der Waals surface area contributed by atoms with Crippen LogP contribution in [-0.4, -0.2) is 11.0 Å². The van der Waals surface area contributed by atoms with Crippen LogP contribution in [0.25, 0.3) is 0 Å². The Kier molecular flexibility index (Phi) is 4.93. The van der Waals surface area contributed by atoms with Gasteiger partial charge in [-0.1, -0.05) is 32.0 Å². The number of rotatable bonds is 5. The van der Waals surface area contributed by atoms with Gasteiger partial charge in [-0.15, -0.1) is 0 Å². The molecule has 1 N–H and O–H groups in total. The van der Waals surface area contributed by atoms with Crippen molar-refractivity contribution in [2.45, 2.75) is 26.4 Å². The van der Waals surface area contributed by atoms with Crippen LogP contribution in [-0.2, 0) is 6.54 Å². The summed E-state index contributed by atoms with van der Waals surface area (Å²) in [5.74, 6) is 1.44. The van der Waals surface area contributed by atoms with Gasteiger partial charge in [0.15, 0.2) is 0 Å². The van der Waals surface area contributed by atoms with Gasteiger partial charge in [0.05, 0.1) is 0 Å². The van der Waals surface area contributed by atoms with Gasteiger partial charge in [0.25, 0.3) is 0 Å². The van der Waals surface area contributed by atoms with Crippen LogP contribution in [0.4, 0.5) is 0 Å². The summed E-state index contributed by atoms with van der Waals surface area (Å²) in [6, 6.07) is 12.1. The second kappa shape index (κ2) is 6.68. The fourth-order valence-corrected chi connectivity index (χ4v) is 1.98. The Morgan fingerprint density at radius 2 is 2.00 bits per heavy atom. The number of nitrogens with zero attached hydrogens (tertiary/aromatic N) is 1. The lowest BCUT2D eigenvalue weighted by molar-refractivity contribution is 0.450. The number of ether oxygens (including phenoxy) is 1. The van der Waals surface area contributed by atoms with Crippen LogP contribution < -0.4 is 10.1 Å². The Morgan fingerprint density at radius 1 is 1.26 bits per heavy atom. The molecule has 1 heterocycles. The number of pyridine rings is 1. The fourth-order valence-electron chi connectivity index (χ4n) is 1.60. The predicted molar refractivity (Wildman–Crippen MR) is 80.4 cm³/mol. The second-order valence-corrected chi connectivity index (χ2v) is 5.48. The first-order chi connectivity index (χ1) is 9.15. The standard InChI is InChI=1S/C15H17BrN2O/c1-11(2)17-9-12-8-13(16)10-18-15(12)19-14-6-4-3-5-7-14/h3-8,10-11,17H,9H2,1-2H3. The number of para-hydroxylation sites is 1. The molecule has 3 nitrogen and oxygen atoms in total. The molecule has 1 aromatic carbocycles. The molecule has 0 aliphatic carbocycles. The molecule has 0 atom stereocenters. The van der Waals surface area contributed by atoms with E-state index in [1.807, 2.05) is 36.4 Å². The summed E-state index contributed by atoms with van der Waals surface area (Å²) in [7, 11) is 0. The van der Waals surface area contributed by atoms with Gasteiger partial charge < -0.3 is 10.1 Å². The average Bonchev–Trinajstić information content (AvgIpc) is 2.40. The summed E-state index contributed by atoms with van der Waals surface area (Å²) in [5, 5.41) is 3.37. The first-order valence-corrected chi connectivity index (χ1v) is 7.05. The van der Waals surface area contributed by atoms with Gasteiger partial charge >= 0.3 is 0 Å². The molecule has 0 fully saturated rings. The van der Waals surface area contributed by atoms with Crippen LogP contribution in [0.2, 0.25) is 0 Å². The molecule has 100 valence electrons. The molecule has 19 heavy (non-hydrogen) atoms. The molecule has 0 aliphatic rings. The van der Waals surface area contributed by atoms with Gasteiger partial charge in [0, 0.05) is 28.8 Å². The molecule has 0 unspecified atom stereocenters. The van der Waals surface area contributed by atoms with Gasteiger partial charge in [-0.3, -0.25) is 0 Å². The number of aromatic nitrogens is 1. The van der Waals surface area contributed by atoms with Crippen molar-refractivity contribution in [2.75, 3.05) is 0 Å². The van der Waals surface area contributed by atoms with Gasteiger partial charge in [-0.05, 0) is 34.1 Å². The van der Waals surface area contributed by atoms with Crippen LogP contribution in [0.15, 0.2) is 47.1 Å². The van der Waals surface area contributed by atoms with Crippen molar-refractivity contribution in [1.29, 1.82) is 0 Å². The monoisotopic (exact) mass is 320 g/mol. The SMILES string of the molecule is CC(C)NCc1cc(Br)cnc1Oc1ccccc1. The highest BCUT2D eigenvalue weighted by Gasteiger charge is 2.08. The largest absolute Gasteiger partial charge is 0.439 e. The lowest BCUT2D eigenvalue weighted by Crippen LogP contribution is -2.22. The summed E-state index contributed by atoms with van der Waals surface area (Å²) in [4.78, 5) is 4.34. The Hall–Kier alpha value is -1.39. The highest BCUT2D eigenvalue weighted by molar-refractivity contribution is 9.10. The number of halogens is 1. The molecule has 0 aliphatic heterocycles. The molecule has 0 radical (unpaired) electrons. The molecule has 0 bridgehead atoms. The Balaban J connectivity index is 2.19. The van der Waals surface area contributed by atoms with E-state index in [1.54, 1.807) is 6.20 Å². The van der Waals surface area contributed by atoms with Gasteiger partial charge in [0.1, 0.15) is 5.75 Å². The van der Waals surface area contributed by atoms with E-state index in [0.717, 1.165) is 22.3 Å². The molecule has 0 amide bonds. The first-order valence-electron chi connectivity index (χ1n) is 6.26. The number of hydrogen-bond acceptors (Lipinski definition) is 3. The van der Waals surface area contributed by atoms with Crippen LogP contribution in [0.1, 0.15) is 19.4 Å². The highest BCUT2D eigenvalue weighted by Crippen LogP contribution is 2.25. The van der Waals surface area contributed by atoms with E-state index < -0.39 is 0 Å². The van der Waals surface area contributed by atoms with Crippen molar-refractivity contribution in [2.24, 2.45) is 0 Å². The summed E-state index contributed by atoms with van der Waals surface area (Å²) in [6.07, 6.45) is 1.75. The molecule has 0 saturated heterocycles. The van der Waals surface area contributed by atoms with Crippen molar-refractivity contribution in [3.8, 4) is 11.6 Å². The van der Waals surface area contributed by atoms with Crippen molar-refractivity contribution in [3.05, 3.63) is 52.6 Å². The van der Waals surface area contributed by atoms with Crippen molar-refractivity contribution in [3.63, 3.8) is 0 Å². The number of benzene rings is 1. The minimum atomic E-state index is 0.420. The van der Waals surface area contributed by atoms with Crippen molar-refractivity contribution >= 4 is 15.9 Å². The molecule has 1 aromatic heterocycles. The zero-order valence-electron chi connectivity index (χ0n) is 11.1. The lowest BCUT2D eigenvalue weighted by atomic mass is 10.2. The molecule has 0 saturated carbocycles. The topological polar surface area (TPSA) is 34.2 Å². The Labute approximate surface area is 122 Å². The maximum absolute atomic E-state index is 5.82. The van der Waals surface area contributed by atoms with E-state index in [-0.39, 0.29) is 0 Å². The average molecular weight is 321 g/mol. The zero-order valence-corrected chi connectivity index (χ0v) is 12.6. The third kappa shape index (κ3) is 4.33. The van der Waals surface area contributed by atoms with E-state index in [2.05, 4.69) is 40.1 Å². The summed E-state index contributed by atoms with van der Waals surface area (Å²) < 4.78 is 6.78.